The van der Waals surface area contributed by atoms with Gasteiger partial charge >= 0.3 is 0 Å². The molecule has 1 heterocycles. The van der Waals surface area contributed by atoms with Crippen LogP contribution in [0.3, 0.4) is 0 Å². The highest BCUT2D eigenvalue weighted by Gasteiger charge is 2.24. The number of fused-ring (bicyclic) bond motifs is 3. The molecular formula is C23H22O. The van der Waals surface area contributed by atoms with E-state index in [2.05, 4.69) is 76.2 Å². The molecule has 24 heavy (non-hydrogen) atoms. The van der Waals surface area contributed by atoms with E-state index in [9.17, 15) is 0 Å². The molecule has 0 radical (unpaired) electrons. The van der Waals surface area contributed by atoms with Gasteiger partial charge in [-0.05, 0) is 41.2 Å². The quantitative estimate of drug-likeness (QED) is 0.374. The van der Waals surface area contributed by atoms with Gasteiger partial charge in [-0.25, -0.2) is 0 Å². The highest BCUT2D eigenvalue weighted by molar-refractivity contribution is 6.09. The van der Waals surface area contributed by atoms with Gasteiger partial charge in [0.25, 0.3) is 0 Å². The van der Waals surface area contributed by atoms with Gasteiger partial charge in [0.1, 0.15) is 11.2 Å². The lowest BCUT2D eigenvalue weighted by Crippen LogP contribution is -2.13. The molecule has 0 unspecified atom stereocenters. The molecule has 0 atom stereocenters. The summed E-state index contributed by atoms with van der Waals surface area (Å²) < 4.78 is 6.10. The molecule has 0 N–H and O–H groups in total. The van der Waals surface area contributed by atoms with Gasteiger partial charge in [-0.2, -0.15) is 0 Å². The van der Waals surface area contributed by atoms with Crippen LogP contribution in [0.1, 0.15) is 31.9 Å². The molecule has 0 saturated heterocycles. The summed E-state index contributed by atoms with van der Waals surface area (Å²) in [5.41, 5.74) is 7.14. The zero-order chi connectivity index (χ0) is 16.9. The van der Waals surface area contributed by atoms with Crippen molar-refractivity contribution >= 4 is 21.9 Å². The van der Waals surface area contributed by atoms with Gasteiger partial charge in [0, 0.05) is 10.8 Å². The van der Waals surface area contributed by atoms with Crippen LogP contribution >= 0.6 is 0 Å². The summed E-state index contributed by atoms with van der Waals surface area (Å²) in [6, 6.07) is 21.4. The van der Waals surface area contributed by atoms with Crippen LogP contribution in [-0.2, 0) is 5.41 Å². The second-order valence-electron chi connectivity index (χ2n) is 7.58. The summed E-state index contributed by atoms with van der Waals surface area (Å²) in [4.78, 5) is 0. The van der Waals surface area contributed by atoms with Crippen molar-refractivity contribution in [2.75, 3.05) is 0 Å². The van der Waals surface area contributed by atoms with Crippen LogP contribution in [0, 0.1) is 6.92 Å². The first-order valence-corrected chi connectivity index (χ1v) is 8.47. The Labute approximate surface area is 142 Å². The monoisotopic (exact) mass is 314 g/mol. The number of rotatable bonds is 1. The van der Waals surface area contributed by atoms with Gasteiger partial charge in [-0.1, -0.05) is 74.9 Å². The number of hydrogen-bond donors (Lipinski definition) is 0. The summed E-state index contributed by atoms with van der Waals surface area (Å²) in [5.74, 6) is 0. The zero-order valence-electron chi connectivity index (χ0n) is 14.7. The summed E-state index contributed by atoms with van der Waals surface area (Å²) in [6.45, 7) is 8.96. The lowest BCUT2D eigenvalue weighted by atomic mass is 9.79. The number of aryl methyl sites for hydroxylation is 1. The summed E-state index contributed by atoms with van der Waals surface area (Å²) in [5, 5.41) is 2.45. The molecule has 0 aliphatic heterocycles. The number of benzene rings is 3. The van der Waals surface area contributed by atoms with Gasteiger partial charge in [-0.3, -0.25) is 0 Å². The van der Waals surface area contributed by atoms with Crippen LogP contribution in [0.5, 0.6) is 0 Å². The zero-order valence-corrected chi connectivity index (χ0v) is 14.7. The normalized spacial score (nSPS) is 12.2. The molecule has 3 aromatic carbocycles. The van der Waals surface area contributed by atoms with Gasteiger partial charge in [0.15, 0.2) is 0 Å². The van der Waals surface area contributed by atoms with Crippen molar-refractivity contribution in [1.29, 1.82) is 0 Å². The second-order valence-corrected chi connectivity index (χ2v) is 7.58. The molecule has 120 valence electrons. The summed E-state index contributed by atoms with van der Waals surface area (Å²) in [6.07, 6.45) is 0. The number of hydrogen-bond acceptors (Lipinski definition) is 1. The molecule has 1 heteroatoms. The van der Waals surface area contributed by atoms with Gasteiger partial charge in [-0.15, -0.1) is 0 Å². The summed E-state index contributed by atoms with van der Waals surface area (Å²) >= 11 is 0. The van der Waals surface area contributed by atoms with E-state index in [1.54, 1.807) is 0 Å². The second kappa shape index (κ2) is 5.24. The average molecular weight is 314 g/mol. The van der Waals surface area contributed by atoms with Crippen molar-refractivity contribution in [3.8, 4) is 11.1 Å². The van der Waals surface area contributed by atoms with Crippen LogP contribution in [-0.4, -0.2) is 0 Å². The Morgan fingerprint density at radius 2 is 1.46 bits per heavy atom. The van der Waals surface area contributed by atoms with Crippen molar-refractivity contribution in [2.45, 2.75) is 33.1 Å². The minimum Gasteiger partial charge on any atom is -0.456 e. The molecule has 1 aromatic heterocycles. The van der Waals surface area contributed by atoms with Crippen molar-refractivity contribution in [3.63, 3.8) is 0 Å². The lowest BCUT2D eigenvalue weighted by Gasteiger charge is -2.24. The maximum absolute atomic E-state index is 6.10. The van der Waals surface area contributed by atoms with Crippen LogP contribution in [0.15, 0.2) is 65.1 Å². The average Bonchev–Trinajstić information content (AvgIpc) is 2.92. The Bertz CT molecular complexity index is 1030. The smallest absolute Gasteiger partial charge is 0.135 e. The Morgan fingerprint density at radius 1 is 0.750 bits per heavy atom. The molecule has 0 saturated carbocycles. The van der Waals surface area contributed by atoms with Crippen LogP contribution < -0.4 is 0 Å². The highest BCUT2D eigenvalue weighted by Crippen LogP contribution is 2.42. The van der Waals surface area contributed by atoms with Crippen molar-refractivity contribution < 1.29 is 4.42 Å². The van der Waals surface area contributed by atoms with Gasteiger partial charge < -0.3 is 4.42 Å². The molecule has 0 aliphatic carbocycles. The molecule has 0 aliphatic rings. The van der Waals surface area contributed by atoms with Gasteiger partial charge in [0.2, 0.25) is 0 Å². The minimum absolute atomic E-state index is 0.0202. The maximum Gasteiger partial charge on any atom is 0.135 e. The molecule has 1 nitrogen and oxygen atoms in total. The Kier molecular flexibility index (Phi) is 3.28. The number of furan rings is 1. The van der Waals surface area contributed by atoms with E-state index in [4.69, 9.17) is 4.42 Å². The molecule has 0 amide bonds. The lowest BCUT2D eigenvalue weighted by molar-refractivity contribution is 0.596. The van der Waals surface area contributed by atoms with Crippen molar-refractivity contribution in [2.24, 2.45) is 0 Å². The molecule has 0 spiro atoms. The Morgan fingerprint density at radius 3 is 2.17 bits per heavy atom. The van der Waals surface area contributed by atoms with E-state index in [0.29, 0.717) is 0 Å². The van der Waals surface area contributed by atoms with E-state index in [-0.39, 0.29) is 5.41 Å². The first-order chi connectivity index (χ1) is 11.4. The third-order valence-corrected chi connectivity index (χ3v) is 4.66. The van der Waals surface area contributed by atoms with E-state index in [0.717, 1.165) is 11.2 Å². The van der Waals surface area contributed by atoms with E-state index < -0.39 is 0 Å². The molecule has 4 aromatic rings. The fourth-order valence-corrected chi connectivity index (χ4v) is 3.57. The fourth-order valence-electron chi connectivity index (χ4n) is 3.57. The Balaban J connectivity index is 2.14. The van der Waals surface area contributed by atoms with Crippen LogP contribution in [0.2, 0.25) is 0 Å². The van der Waals surface area contributed by atoms with Crippen molar-refractivity contribution in [3.05, 3.63) is 71.8 Å². The number of para-hydroxylation sites is 1. The van der Waals surface area contributed by atoms with Gasteiger partial charge in [0.05, 0.1) is 0 Å². The topological polar surface area (TPSA) is 13.1 Å². The SMILES string of the molecule is Cc1ccc(-c2ccc3oc4ccccc4c3c2C(C)(C)C)cc1. The molecular weight excluding hydrogens is 292 g/mol. The third kappa shape index (κ3) is 2.32. The Hall–Kier alpha value is -2.54. The van der Waals surface area contributed by atoms with Crippen LogP contribution in [0.4, 0.5) is 0 Å². The fraction of sp³-hybridized carbons (Fsp3) is 0.217. The highest BCUT2D eigenvalue weighted by atomic mass is 16.3. The van der Waals surface area contributed by atoms with E-state index in [1.807, 2.05) is 12.1 Å². The predicted octanol–water partition coefficient (Wildman–Crippen LogP) is 6.86. The molecule has 0 fully saturated rings. The van der Waals surface area contributed by atoms with Crippen LogP contribution in [0.25, 0.3) is 33.1 Å². The first kappa shape index (κ1) is 15.0. The standard InChI is InChI=1S/C23H22O/c1-15-9-11-16(12-10-15)17-13-14-20-21(22(17)23(2,3)4)18-7-5-6-8-19(18)24-20/h5-14H,1-4H3. The molecule has 4 rings (SSSR count). The minimum atomic E-state index is 0.0202. The third-order valence-electron chi connectivity index (χ3n) is 4.66. The first-order valence-electron chi connectivity index (χ1n) is 8.47. The largest absolute Gasteiger partial charge is 0.456 e. The van der Waals surface area contributed by atoms with E-state index in [1.165, 1.54) is 33.0 Å². The molecule has 0 bridgehead atoms. The van der Waals surface area contributed by atoms with E-state index >= 15 is 0 Å². The van der Waals surface area contributed by atoms with Crippen molar-refractivity contribution in [1.82, 2.24) is 0 Å². The predicted molar refractivity (Wildman–Crippen MR) is 103 cm³/mol. The summed E-state index contributed by atoms with van der Waals surface area (Å²) in [7, 11) is 0. The maximum atomic E-state index is 6.10.